The lowest BCUT2D eigenvalue weighted by Crippen LogP contribution is -2.24. The summed E-state index contributed by atoms with van der Waals surface area (Å²) in [5.41, 5.74) is 2.22. The number of aryl methyl sites for hydroxylation is 1. The van der Waals surface area contributed by atoms with Crippen molar-refractivity contribution in [2.75, 3.05) is 6.54 Å². The molecule has 0 radical (unpaired) electrons. The Hall–Kier alpha value is -1.06. The van der Waals surface area contributed by atoms with Crippen LogP contribution in [0.15, 0.2) is 18.3 Å². The minimum atomic E-state index is 0.553. The molecule has 17 heavy (non-hydrogen) atoms. The number of nitrogens with zero attached hydrogens (tertiary/aromatic N) is 2. The molecule has 0 spiro atoms. The topological polar surface area (TPSA) is 29.3 Å². The molecule has 1 atom stereocenters. The van der Waals surface area contributed by atoms with E-state index >= 15 is 0 Å². The SMILES string of the molecule is Cc1cccn2c(CC3CCCN3)nc(Cl)c12. The van der Waals surface area contributed by atoms with E-state index in [4.69, 9.17) is 11.6 Å². The van der Waals surface area contributed by atoms with Crippen LogP contribution in [0.3, 0.4) is 0 Å². The lowest BCUT2D eigenvalue weighted by atomic mass is 10.1. The normalized spacial score (nSPS) is 20.2. The molecule has 3 rings (SSSR count). The first-order valence-electron chi connectivity index (χ1n) is 6.11. The van der Waals surface area contributed by atoms with Gasteiger partial charge >= 0.3 is 0 Å². The first-order chi connectivity index (χ1) is 8.25. The van der Waals surface area contributed by atoms with Crippen molar-refractivity contribution in [1.82, 2.24) is 14.7 Å². The van der Waals surface area contributed by atoms with E-state index in [-0.39, 0.29) is 0 Å². The number of hydrogen-bond donors (Lipinski definition) is 1. The van der Waals surface area contributed by atoms with Crippen LogP contribution in [0.1, 0.15) is 24.2 Å². The maximum absolute atomic E-state index is 6.22. The van der Waals surface area contributed by atoms with Gasteiger partial charge in [-0.15, -0.1) is 0 Å². The van der Waals surface area contributed by atoms with E-state index in [0.29, 0.717) is 11.2 Å². The summed E-state index contributed by atoms with van der Waals surface area (Å²) in [4.78, 5) is 4.50. The number of rotatable bonds is 2. The fraction of sp³-hybridized carbons (Fsp3) is 0.462. The molecule has 2 aromatic heterocycles. The van der Waals surface area contributed by atoms with Crippen molar-refractivity contribution in [2.45, 2.75) is 32.2 Å². The number of pyridine rings is 1. The van der Waals surface area contributed by atoms with Crippen LogP contribution in [0.25, 0.3) is 5.52 Å². The van der Waals surface area contributed by atoms with Crippen LogP contribution in [0.2, 0.25) is 5.15 Å². The highest BCUT2D eigenvalue weighted by atomic mass is 35.5. The molecule has 0 bridgehead atoms. The number of imidazole rings is 1. The maximum Gasteiger partial charge on any atom is 0.155 e. The molecule has 0 aliphatic carbocycles. The zero-order valence-electron chi connectivity index (χ0n) is 9.91. The fourth-order valence-electron chi connectivity index (χ4n) is 2.61. The Morgan fingerprint density at radius 1 is 1.59 bits per heavy atom. The van der Waals surface area contributed by atoms with Crippen molar-refractivity contribution >= 4 is 17.1 Å². The van der Waals surface area contributed by atoms with Gasteiger partial charge in [-0.2, -0.15) is 0 Å². The molecule has 1 saturated heterocycles. The summed E-state index contributed by atoms with van der Waals surface area (Å²) in [6, 6.07) is 4.67. The second kappa shape index (κ2) is 4.31. The van der Waals surface area contributed by atoms with E-state index in [1.54, 1.807) is 0 Å². The second-order valence-electron chi connectivity index (χ2n) is 4.73. The van der Waals surface area contributed by atoms with Crippen molar-refractivity contribution in [2.24, 2.45) is 0 Å². The quantitative estimate of drug-likeness (QED) is 0.887. The first-order valence-corrected chi connectivity index (χ1v) is 6.49. The highest BCUT2D eigenvalue weighted by Crippen LogP contribution is 2.23. The minimum absolute atomic E-state index is 0.553. The molecular formula is C13H16ClN3. The standard InChI is InChI=1S/C13H16ClN3/c1-9-4-3-7-17-11(16-13(14)12(9)17)8-10-5-2-6-15-10/h3-4,7,10,15H,2,5-6,8H2,1H3. The van der Waals surface area contributed by atoms with Gasteiger partial charge in [0.15, 0.2) is 5.15 Å². The smallest absolute Gasteiger partial charge is 0.155 e. The molecule has 2 aromatic rings. The summed E-state index contributed by atoms with van der Waals surface area (Å²) in [6.45, 7) is 3.20. The minimum Gasteiger partial charge on any atom is -0.314 e. The average Bonchev–Trinajstić information content (AvgIpc) is 2.90. The lowest BCUT2D eigenvalue weighted by molar-refractivity contribution is 0.584. The zero-order chi connectivity index (χ0) is 11.8. The largest absolute Gasteiger partial charge is 0.314 e. The van der Waals surface area contributed by atoms with Crippen molar-refractivity contribution in [1.29, 1.82) is 0 Å². The van der Waals surface area contributed by atoms with Crippen LogP contribution >= 0.6 is 11.6 Å². The van der Waals surface area contributed by atoms with E-state index in [9.17, 15) is 0 Å². The molecule has 4 heteroatoms. The van der Waals surface area contributed by atoms with Gasteiger partial charge in [-0.3, -0.25) is 0 Å². The molecule has 1 aliphatic heterocycles. The highest BCUT2D eigenvalue weighted by molar-refractivity contribution is 6.32. The Balaban J connectivity index is 2.01. The molecule has 3 nitrogen and oxygen atoms in total. The predicted octanol–water partition coefficient (Wildman–Crippen LogP) is 2.59. The second-order valence-corrected chi connectivity index (χ2v) is 5.08. The van der Waals surface area contributed by atoms with Gasteiger partial charge in [-0.25, -0.2) is 4.98 Å². The van der Waals surface area contributed by atoms with Crippen LogP contribution in [-0.2, 0) is 6.42 Å². The summed E-state index contributed by atoms with van der Waals surface area (Å²) in [5, 5.41) is 4.12. The number of hydrogen-bond acceptors (Lipinski definition) is 2. The molecule has 1 N–H and O–H groups in total. The van der Waals surface area contributed by atoms with Gasteiger partial charge in [0, 0.05) is 18.7 Å². The number of aromatic nitrogens is 2. The third kappa shape index (κ3) is 1.94. The van der Waals surface area contributed by atoms with Crippen LogP contribution in [0.4, 0.5) is 0 Å². The third-order valence-corrected chi connectivity index (χ3v) is 3.75. The van der Waals surface area contributed by atoms with E-state index in [1.807, 2.05) is 12.3 Å². The number of fused-ring (bicyclic) bond motifs is 1. The predicted molar refractivity (Wildman–Crippen MR) is 69.7 cm³/mol. The fourth-order valence-corrected chi connectivity index (χ4v) is 2.95. The van der Waals surface area contributed by atoms with Gasteiger partial charge in [0.25, 0.3) is 0 Å². The molecule has 0 aromatic carbocycles. The Morgan fingerprint density at radius 2 is 2.47 bits per heavy atom. The van der Waals surface area contributed by atoms with Gasteiger partial charge in [0.05, 0.1) is 5.52 Å². The van der Waals surface area contributed by atoms with E-state index in [2.05, 4.69) is 27.7 Å². The number of nitrogens with one attached hydrogen (secondary N) is 1. The van der Waals surface area contributed by atoms with Crippen molar-refractivity contribution in [3.05, 3.63) is 34.9 Å². The Labute approximate surface area is 106 Å². The molecule has 1 aliphatic rings. The molecule has 1 fully saturated rings. The van der Waals surface area contributed by atoms with Crippen molar-refractivity contribution in [3.63, 3.8) is 0 Å². The van der Waals surface area contributed by atoms with Crippen LogP contribution in [0.5, 0.6) is 0 Å². The first kappa shape index (κ1) is 11.1. The number of halogens is 1. The summed E-state index contributed by atoms with van der Waals surface area (Å²) in [6.07, 6.45) is 5.50. The third-order valence-electron chi connectivity index (χ3n) is 3.49. The molecule has 90 valence electrons. The van der Waals surface area contributed by atoms with Crippen molar-refractivity contribution < 1.29 is 0 Å². The van der Waals surface area contributed by atoms with Crippen LogP contribution < -0.4 is 5.32 Å². The Morgan fingerprint density at radius 3 is 3.24 bits per heavy atom. The molecule has 1 unspecified atom stereocenters. The summed E-state index contributed by atoms with van der Waals surface area (Å²) in [5.74, 6) is 1.06. The monoisotopic (exact) mass is 249 g/mol. The van der Waals surface area contributed by atoms with E-state index in [1.165, 1.54) is 18.4 Å². The Bertz CT molecular complexity index is 541. The van der Waals surface area contributed by atoms with Gasteiger partial charge in [-0.05, 0) is 37.9 Å². The van der Waals surface area contributed by atoms with Gasteiger partial charge in [0.1, 0.15) is 5.82 Å². The molecule has 3 heterocycles. The lowest BCUT2D eigenvalue weighted by Gasteiger charge is -2.09. The average molecular weight is 250 g/mol. The molecule has 0 saturated carbocycles. The maximum atomic E-state index is 6.22. The molecule has 0 amide bonds. The zero-order valence-corrected chi connectivity index (χ0v) is 10.7. The van der Waals surface area contributed by atoms with Crippen LogP contribution in [0, 0.1) is 6.92 Å². The van der Waals surface area contributed by atoms with E-state index < -0.39 is 0 Å². The van der Waals surface area contributed by atoms with Gasteiger partial charge in [0.2, 0.25) is 0 Å². The van der Waals surface area contributed by atoms with E-state index in [0.717, 1.165) is 24.3 Å². The summed E-state index contributed by atoms with van der Waals surface area (Å²) in [7, 11) is 0. The van der Waals surface area contributed by atoms with Crippen molar-refractivity contribution in [3.8, 4) is 0 Å². The summed E-state index contributed by atoms with van der Waals surface area (Å²) < 4.78 is 2.12. The Kier molecular flexibility index (Phi) is 2.81. The highest BCUT2D eigenvalue weighted by Gasteiger charge is 2.18. The van der Waals surface area contributed by atoms with Gasteiger partial charge < -0.3 is 9.72 Å². The van der Waals surface area contributed by atoms with Crippen LogP contribution in [-0.4, -0.2) is 22.0 Å². The summed E-state index contributed by atoms with van der Waals surface area (Å²) >= 11 is 6.22. The van der Waals surface area contributed by atoms with Gasteiger partial charge in [-0.1, -0.05) is 17.7 Å². The molecular weight excluding hydrogens is 234 g/mol.